The maximum Gasteiger partial charge on any atom is 0.261 e. The molecule has 0 atom stereocenters. The molecule has 0 aliphatic carbocycles. The molecule has 0 spiro atoms. The number of imidazole rings is 1. The van der Waals surface area contributed by atoms with E-state index < -0.39 is 0 Å². The fourth-order valence-corrected chi connectivity index (χ4v) is 5.59. The molecule has 4 N–H and O–H groups in total. The molecule has 2 aliphatic heterocycles. The number of para-hydroxylation sites is 1. The lowest BCUT2D eigenvalue weighted by atomic mass is 9.99. The van der Waals surface area contributed by atoms with Crippen LogP contribution in [0, 0.1) is 0 Å². The summed E-state index contributed by atoms with van der Waals surface area (Å²) in [5.41, 5.74) is 10.7. The van der Waals surface area contributed by atoms with Crippen molar-refractivity contribution in [2.75, 3.05) is 36.8 Å². The highest BCUT2D eigenvalue weighted by molar-refractivity contribution is 5.97. The summed E-state index contributed by atoms with van der Waals surface area (Å²) in [5.74, 6) is 0.510. The van der Waals surface area contributed by atoms with Crippen LogP contribution in [0.2, 0.25) is 0 Å². The number of hydrogen-bond acceptors (Lipinski definition) is 5. The summed E-state index contributed by atoms with van der Waals surface area (Å²) in [7, 11) is 0. The van der Waals surface area contributed by atoms with E-state index >= 15 is 0 Å². The van der Waals surface area contributed by atoms with Crippen LogP contribution in [-0.4, -0.2) is 52.1 Å². The summed E-state index contributed by atoms with van der Waals surface area (Å²) in [6, 6.07) is 14.6. The van der Waals surface area contributed by atoms with Gasteiger partial charge < -0.3 is 25.5 Å². The van der Waals surface area contributed by atoms with Gasteiger partial charge in [0.05, 0.1) is 22.2 Å². The predicted molar refractivity (Wildman–Crippen MR) is 135 cm³/mol. The quantitative estimate of drug-likeness (QED) is 0.444. The van der Waals surface area contributed by atoms with Gasteiger partial charge >= 0.3 is 0 Å². The predicted octanol–water partition coefficient (Wildman–Crippen LogP) is 4.11. The Morgan fingerprint density at radius 2 is 1.70 bits per heavy atom. The number of piperidine rings is 2. The van der Waals surface area contributed by atoms with Gasteiger partial charge in [0.1, 0.15) is 11.4 Å². The molecule has 0 bridgehead atoms. The van der Waals surface area contributed by atoms with E-state index in [1.54, 1.807) is 0 Å². The highest BCUT2D eigenvalue weighted by atomic mass is 16.1. The summed E-state index contributed by atoms with van der Waals surface area (Å²) >= 11 is 0. The second-order valence-corrected chi connectivity index (χ2v) is 9.39. The van der Waals surface area contributed by atoms with Crippen molar-refractivity contribution in [2.24, 2.45) is 0 Å². The second kappa shape index (κ2) is 8.23. The van der Waals surface area contributed by atoms with E-state index in [1.165, 1.54) is 50.9 Å². The third kappa shape index (κ3) is 3.66. The fraction of sp³-hybridized carbons (Fsp3) is 0.385. The molecule has 0 amide bonds. The molecular weight excluding hydrogens is 412 g/mol. The van der Waals surface area contributed by atoms with Crippen molar-refractivity contribution in [1.82, 2.24) is 19.9 Å². The number of nitrogens with one attached hydrogen (secondary N) is 2. The third-order valence-electron chi connectivity index (χ3n) is 7.40. The molecule has 0 saturated carbocycles. The van der Waals surface area contributed by atoms with Crippen molar-refractivity contribution in [3.8, 4) is 11.4 Å². The van der Waals surface area contributed by atoms with Crippen LogP contribution in [0.1, 0.15) is 32.1 Å². The van der Waals surface area contributed by atoms with Crippen molar-refractivity contribution >= 4 is 33.3 Å². The molecule has 2 aromatic carbocycles. The molecule has 33 heavy (non-hydrogen) atoms. The smallest absolute Gasteiger partial charge is 0.261 e. The Balaban J connectivity index is 1.27. The number of pyridine rings is 1. The van der Waals surface area contributed by atoms with Crippen LogP contribution in [0.4, 0.5) is 11.4 Å². The lowest BCUT2D eigenvalue weighted by Gasteiger charge is -2.41. The number of aromatic nitrogens is 3. The first-order valence-corrected chi connectivity index (χ1v) is 12.1. The molecule has 2 saturated heterocycles. The van der Waals surface area contributed by atoms with E-state index in [9.17, 15) is 4.79 Å². The number of nitrogen functional groups attached to an aromatic ring is 1. The van der Waals surface area contributed by atoms with Gasteiger partial charge in [0, 0.05) is 30.2 Å². The summed E-state index contributed by atoms with van der Waals surface area (Å²) < 4.78 is 0. The SMILES string of the molecule is Nc1c(-c2nc3ccc(N4CCC(N5CCCCC5)CC4)cc3[nH]2)c(=O)[nH]c2ccccc12. The van der Waals surface area contributed by atoms with Crippen LogP contribution in [0.5, 0.6) is 0 Å². The van der Waals surface area contributed by atoms with Crippen LogP contribution in [0.25, 0.3) is 33.3 Å². The first-order valence-electron chi connectivity index (χ1n) is 12.1. The van der Waals surface area contributed by atoms with Gasteiger partial charge in [-0.25, -0.2) is 4.98 Å². The highest BCUT2D eigenvalue weighted by Gasteiger charge is 2.26. The number of hydrogen-bond donors (Lipinski definition) is 3. The molecule has 7 nitrogen and oxygen atoms in total. The van der Waals surface area contributed by atoms with Crippen LogP contribution < -0.4 is 16.2 Å². The van der Waals surface area contributed by atoms with E-state index in [0.29, 0.717) is 17.1 Å². The van der Waals surface area contributed by atoms with E-state index in [4.69, 9.17) is 10.7 Å². The minimum atomic E-state index is -0.231. The van der Waals surface area contributed by atoms with Gasteiger partial charge in [-0.1, -0.05) is 24.6 Å². The van der Waals surface area contributed by atoms with Gasteiger partial charge in [-0.05, 0) is 63.0 Å². The zero-order valence-corrected chi connectivity index (χ0v) is 18.8. The summed E-state index contributed by atoms with van der Waals surface area (Å²) in [6.07, 6.45) is 6.52. The molecule has 170 valence electrons. The molecule has 2 fully saturated rings. The Hall–Kier alpha value is -3.32. The van der Waals surface area contributed by atoms with Gasteiger partial charge in [-0.2, -0.15) is 0 Å². The lowest BCUT2D eigenvalue weighted by molar-refractivity contribution is 0.141. The minimum Gasteiger partial charge on any atom is -0.397 e. The molecule has 4 heterocycles. The average Bonchev–Trinajstić information content (AvgIpc) is 3.27. The van der Waals surface area contributed by atoms with E-state index in [1.807, 2.05) is 30.3 Å². The molecular formula is C26H30N6O. The van der Waals surface area contributed by atoms with Crippen LogP contribution in [-0.2, 0) is 0 Å². The number of aromatic amines is 2. The van der Waals surface area contributed by atoms with Crippen LogP contribution >= 0.6 is 0 Å². The number of benzene rings is 2. The molecule has 4 aromatic rings. The summed E-state index contributed by atoms with van der Waals surface area (Å²) in [6.45, 7) is 4.69. The zero-order chi connectivity index (χ0) is 22.4. The van der Waals surface area contributed by atoms with Crippen LogP contribution in [0.15, 0.2) is 47.3 Å². The van der Waals surface area contributed by atoms with Crippen molar-refractivity contribution in [3.05, 3.63) is 52.8 Å². The van der Waals surface area contributed by atoms with E-state index in [2.05, 4.69) is 31.9 Å². The van der Waals surface area contributed by atoms with E-state index in [-0.39, 0.29) is 5.56 Å². The molecule has 0 unspecified atom stereocenters. The normalized spacial score (nSPS) is 18.4. The second-order valence-electron chi connectivity index (χ2n) is 9.39. The minimum absolute atomic E-state index is 0.231. The van der Waals surface area contributed by atoms with Gasteiger partial charge in [-0.3, -0.25) is 4.79 Å². The van der Waals surface area contributed by atoms with Gasteiger partial charge in [-0.15, -0.1) is 0 Å². The average molecular weight is 443 g/mol. The van der Waals surface area contributed by atoms with Gasteiger partial charge in [0.2, 0.25) is 0 Å². The van der Waals surface area contributed by atoms with Crippen molar-refractivity contribution in [2.45, 2.75) is 38.1 Å². The van der Waals surface area contributed by atoms with Crippen LogP contribution in [0.3, 0.4) is 0 Å². The Kier molecular flexibility index (Phi) is 5.06. The number of nitrogens with two attached hydrogens (primary N) is 1. The van der Waals surface area contributed by atoms with Crippen molar-refractivity contribution in [3.63, 3.8) is 0 Å². The van der Waals surface area contributed by atoms with E-state index in [0.717, 1.165) is 41.1 Å². The van der Waals surface area contributed by atoms with Gasteiger partial charge in [0.15, 0.2) is 0 Å². The topological polar surface area (TPSA) is 94.0 Å². The molecule has 2 aliphatic rings. The zero-order valence-electron chi connectivity index (χ0n) is 18.8. The van der Waals surface area contributed by atoms with Crippen molar-refractivity contribution in [1.29, 1.82) is 0 Å². The molecule has 7 heteroatoms. The largest absolute Gasteiger partial charge is 0.397 e. The first-order chi connectivity index (χ1) is 16.2. The standard InChI is InChI=1S/C26H30N6O/c27-24-19-6-2-3-7-20(19)30-26(33)23(24)25-28-21-9-8-18(16-22(21)29-25)32-14-10-17(11-15-32)31-12-4-1-5-13-31/h2-3,6-9,16-17H,1,4-5,10-15H2,(H,28,29)(H3,27,30,33). The third-order valence-corrected chi connectivity index (χ3v) is 7.40. The number of nitrogens with zero attached hydrogens (tertiary/aromatic N) is 3. The first kappa shape index (κ1) is 20.3. The molecule has 6 rings (SSSR count). The highest BCUT2D eigenvalue weighted by Crippen LogP contribution is 2.30. The number of rotatable bonds is 3. The summed E-state index contributed by atoms with van der Waals surface area (Å²) in [4.78, 5) is 28.9. The number of anilines is 2. The Morgan fingerprint density at radius 1 is 0.909 bits per heavy atom. The summed E-state index contributed by atoms with van der Waals surface area (Å²) in [5, 5.41) is 0.824. The lowest BCUT2D eigenvalue weighted by Crippen LogP contribution is -2.46. The Bertz CT molecular complexity index is 1360. The molecule has 2 aromatic heterocycles. The monoisotopic (exact) mass is 442 g/mol. The maximum absolute atomic E-state index is 12.8. The number of fused-ring (bicyclic) bond motifs is 2. The number of H-pyrrole nitrogens is 2. The Labute approximate surface area is 192 Å². The fourth-order valence-electron chi connectivity index (χ4n) is 5.59. The van der Waals surface area contributed by atoms with Crippen molar-refractivity contribution < 1.29 is 0 Å². The maximum atomic E-state index is 12.8. The van der Waals surface area contributed by atoms with Gasteiger partial charge in [0.25, 0.3) is 5.56 Å². The number of likely N-dealkylation sites (tertiary alicyclic amines) is 1. The Morgan fingerprint density at radius 3 is 2.52 bits per heavy atom. The molecule has 0 radical (unpaired) electrons.